The van der Waals surface area contributed by atoms with Gasteiger partial charge in [-0.05, 0) is 36.6 Å². The fourth-order valence-corrected chi connectivity index (χ4v) is 5.64. The number of halogens is 1. The molecule has 4 unspecified atom stereocenters. The van der Waals surface area contributed by atoms with Gasteiger partial charge in [-0.1, -0.05) is 41.9 Å². The van der Waals surface area contributed by atoms with Crippen molar-refractivity contribution in [3.8, 4) is 0 Å². The van der Waals surface area contributed by atoms with Gasteiger partial charge in [0.25, 0.3) is 0 Å². The lowest BCUT2D eigenvalue weighted by molar-refractivity contribution is -0.143. The van der Waals surface area contributed by atoms with Crippen LogP contribution in [0, 0.1) is 11.8 Å². The molecule has 170 valence electrons. The van der Waals surface area contributed by atoms with E-state index in [4.69, 9.17) is 11.6 Å². The van der Waals surface area contributed by atoms with Gasteiger partial charge >= 0.3 is 5.97 Å². The number of carbonyl (C=O) groups excluding carboxylic acids is 3. The average Bonchev–Trinajstić information content (AvgIpc) is 3.37. The third kappa shape index (κ3) is 3.32. The summed E-state index contributed by atoms with van der Waals surface area (Å²) in [4.78, 5) is 52.9. The van der Waals surface area contributed by atoms with Crippen molar-refractivity contribution in [1.29, 1.82) is 0 Å². The smallest absolute Gasteiger partial charge is 0.303 e. The molecule has 9 heteroatoms. The molecule has 3 aliphatic heterocycles. The fourth-order valence-electron chi connectivity index (χ4n) is 5.47. The van der Waals surface area contributed by atoms with Crippen LogP contribution >= 0.6 is 11.6 Å². The van der Waals surface area contributed by atoms with E-state index >= 15 is 0 Å². The zero-order chi connectivity index (χ0) is 23.3. The van der Waals surface area contributed by atoms with Crippen LogP contribution in [0.2, 0.25) is 5.02 Å². The van der Waals surface area contributed by atoms with Crippen LogP contribution in [0.15, 0.2) is 48.5 Å². The standard InChI is InChI=1S/C24H22ClN3O5/c25-14-6-7-16-15(12-14)24(23(33)26-16)20-19(17(27-24)8-9-18(29)30)21(31)28(22(20)32)11-10-13-4-2-1-3-5-13/h1-7,12,17,19-20,27H,8-11H2,(H,26,33)(H,29,30). The van der Waals surface area contributed by atoms with Crippen molar-refractivity contribution in [3.05, 3.63) is 64.7 Å². The molecule has 8 nitrogen and oxygen atoms in total. The maximum Gasteiger partial charge on any atom is 0.303 e. The maximum atomic E-state index is 13.6. The number of hydrogen-bond acceptors (Lipinski definition) is 5. The SMILES string of the molecule is O=C(O)CCC1NC2(C(=O)Nc3ccc(Cl)cc32)C2C(=O)N(CCc3ccccc3)C(=O)C12. The zero-order valence-corrected chi connectivity index (χ0v) is 18.3. The van der Waals surface area contributed by atoms with Crippen molar-refractivity contribution in [2.75, 3.05) is 11.9 Å². The number of nitrogens with one attached hydrogen (secondary N) is 2. The first-order chi connectivity index (χ1) is 15.8. The number of likely N-dealkylation sites (tertiary alicyclic amines) is 1. The number of carbonyl (C=O) groups is 4. The number of anilines is 1. The number of imide groups is 1. The summed E-state index contributed by atoms with van der Waals surface area (Å²) in [5, 5.41) is 15.6. The molecule has 3 N–H and O–H groups in total. The molecule has 2 fully saturated rings. The van der Waals surface area contributed by atoms with E-state index in [1.165, 1.54) is 4.90 Å². The molecular formula is C24H22ClN3O5. The number of amides is 3. The second-order valence-electron chi connectivity index (χ2n) is 8.70. The molecule has 2 aromatic carbocycles. The first kappa shape index (κ1) is 21.6. The number of rotatable bonds is 6. The van der Waals surface area contributed by atoms with Gasteiger partial charge in [-0.25, -0.2) is 0 Å². The third-order valence-electron chi connectivity index (χ3n) is 6.90. The van der Waals surface area contributed by atoms with Gasteiger partial charge in [0, 0.05) is 35.3 Å². The number of nitrogens with zero attached hydrogens (tertiary/aromatic N) is 1. The van der Waals surface area contributed by atoms with E-state index in [1.54, 1.807) is 18.2 Å². The highest BCUT2D eigenvalue weighted by atomic mass is 35.5. The first-order valence-corrected chi connectivity index (χ1v) is 11.2. The van der Waals surface area contributed by atoms with Crippen molar-refractivity contribution in [3.63, 3.8) is 0 Å². The van der Waals surface area contributed by atoms with Crippen LogP contribution in [0.25, 0.3) is 0 Å². The lowest BCUT2D eigenvalue weighted by Crippen LogP contribution is -2.53. The average molecular weight is 468 g/mol. The van der Waals surface area contributed by atoms with E-state index in [2.05, 4.69) is 10.6 Å². The lowest BCUT2D eigenvalue weighted by Gasteiger charge is -2.29. The van der Waals surface area contributed by atoms with Crippen LogP contribution in [-0.4, -0.2) is 46.3 Å². The van der Waals surface area contributed by atoms with Gasteiger partial charge in [-0.15, -0.1) is 0 Å². The Balaban J connectivity index is 1.53. The highest BCUT2D eigenvalue weighted by Gasteiger charge is 2.70. The number of fused-ring (bicyclic) bond motifs is 4. The summed E-state index contributed by atoms with van der Waals surface area (Å²) in [5.74, 6) is -4.04. The Hall–Kier alpha value is -3.23. The van der Waals surface area contributed by atoms with E-state index in [1.807, 2.05) is 30.3 Å². The Morgan fingerprint density at radius 3 is 2.58 bits per heavy atom. The van der Waals surface area contributed by atoms with Crippen molar-refractivity contribution >= 4 is 41.0 Å². The summed E-state index contributed by atoms with van der Waals surface area (Å²) in [6, 6.07) is 13.8. The molecule has 4 atom stereocenters. The summed E-state index contributed by atoms with van der Waals surface area (Å²) < 4.78 is 0. The Labute approximate surface area is 194 Å². The lowest BCUT2D eigenvalue weighted by atomic mass is 9.76. The van der Waals surface area contributed by atoms with Crippen LogP contribution in [0.3, 0.4) is 0 Å². The highest BCUT2D eigenvalue weighted by Crippen LogP contribution is 2.53. The molecular weight excluding hydrogens is 446 g/mol. The van der Waals surface area contributed by atoms with E-state index in [0.717, 1.165) is 5.56 Å². The number of benzene rings is 2. The number of aliphatic carboxylic acids is 1. The highest BCUT2D eigenvalue weighted by molar-refractivity contribution is 6.31. The minimum atomic E-state index is -1.47. The fraction of sp³-hybridized carbons (Fsp3) is 0.333. The molecule has 0 aromatic heterocycles. The molecule has 33 heavy (non-hydrogen) atoms. The molecule has 5 rings (SSSR count). The molecule has 0 radical (unpaired) electrons. The Morgan fingerprint density at radius 2 is 1.85 bits per heavy atom. The van der Waals surface area contributed by atoms with E-state index in [-0.39, 0.29) is 25.3 Å². The number of hydrogen-bond donors (Lipinski definition) is 3. The molecule has 3 amide bonds. The molecule has 0 bridgehead atoms. The van der Waals surface area contributed by atoms with Gasteiger partial charge in [-0.3, -0.25) is 29.4 Å². The van der Waals surface area contributed by atoms with Crippen LogP contribution in [-0.2, 0) is 31.1 Å². The second kappa shape index (κ2) is 7.97. The summed E-state index contributed by atoms with van der Waals surface area (Å²) in [6.45, 7) is 0.195. The number of carboxylic acids is 1. The monoisotopic (exact) mass is 467 g/mol. The summed E-state index contributed by atoms with van der Waals surface area (Å²) in [6.07, 6.45) is 0.423. The second-order valence-corrected chi connectivity index (χ2v) is 9.14. The van der Waals surface area contributed by atoms with Crippen LogP contribution < -0.4 is 10.6 Å². The molecule has 2 aromatic rings. The van der Waals surface area contributed by atoms with Crippen molar-refractivity contribution < 1.29 is 24.3 Å². The van der Waals surface area contributed by atoms with Crippen molar-refractivity contribution in [2.24, 2.45) is 11.8 Å². The minimum Gasteiger partial charge on any atom is -0.481 e. The Morgan fingerprint density at radius 1 is 1.09 bits per heavy atom. The minimum absolute atomic E-state index is 0.118. The van der Waals surface area contributed by atoms with Crippen LogP contribution in [0.1, 0.15) is 24.0 Å². The zero-order valence-electron chi connectivity index (χ0n) is 17.6. The third-order valence-corrected chi connectivity index (χ3v) is 7.14. The van der Waals surface area contributed by atoms with Crippen LogP contribution in [0.5, 0.6) is 0 Å². The summed E-state index contributed by atoms with van der Waals surface area (Å²) >= 11 is 6.22. The van der Waals surface area contributed by atoms with Crippen molar-refractivity contribution in [2.45, 2.75) is 30.8 Å². The predicted molar refractivity (Wildman–Crippen MR) is 119 cm³/mol. The summed E-state index contributed by atoms with van der Waals surface area (Å²) in [5.41, 5.74) is 0.556. The molecule has 1 spiro atoms. The molecule has 0 saturated carbocycles. The van der Waals surface area contributed by atoms with Gasteiger partial charge in [0.15, 0.2) is 0 Å². The van der Waals surface area contributed by atoms with Gasteiger partial charge < -0.3 is 10.4 Å². The Kier molecular flexibility index (Phi) is 5.22. The Bertz CT molecular complexity index is 1170. The van der Waals surface area contributed by atoms with Crippen molar-refractivity contribution in [1.82, 2.24) is 10.2 Å². The largest absolute Gasteiger partial charge is 0.481 e. The maximum absolute atomic E-state index is 13.6. The van der Waals surface area contributed by atoms with Gasteiger partial charge in [0.2, 0.25) is 17.7 Å². The summed E-state index contributed by atoms with van der Waals surface area (Å²) in [7, 11) is 0. The molecule has 0 aliphatic carbocycles. The quantitative estimate of drug-likeness (QED) is 0.561. The molecule has 2 saturated heterocycles. The molecule has 3 aliphatic rings. The predicted octanol–water partition coefficient (Wildman–Crippen LogP) is 2.17. The van der Waals surface area contributed by atoms with E-state index < -0.39 is 41.2 Å². The first-order valence-electron chi connectivity index (χ1n) is 10.8. The van der Waals surface area contributed by atoms with Gasteiger partial charge in [0.05, 0.1) is 11.8 Å². The van der Waals surface area contributed by atoms with Gasteiger partial charge in [0.1, 0.15) is 5.54 Å². The van der Waals surface area contributed by atoms with Crippen LogP contribution in [0.4, 0.5) is 5.69 Å². The van der Waals surface area contributed by atoms with E-state index in [9.17, 15) is 24.3 Å². The van der Waals surface area contributed by atoms with E-state index in [0.29, 0.717) is 22.7 Å². The van der Waals surface area contributed by atoms with Gasteiger partial charge in [-0.2, -0.15) is 0 Å². The molecule has 3 heterocycles. The normalized spacial score (nSPS) is 27.7. The topological polar surface area (TPSA) is 116 Å². The number of carboxylic acid groups (broad SMARTS) is 1.